The first kappa shape index (κ1) is 21.1. The number of likely N-dealkylation sites (tertiary alicyclic amines) is 1. The van der Waals surface area contributed by atoms with Crippen LogP contribution in [0.25, 0.3) is 0 Å². The number of sulfone groups is 1. The molecule has 1 saturated heterocycles. The first-order valence-corrected chi connectivity index (χ1v) is 11.7. The lowest BCUT2D eigenvalue weighted by atomic mass is 10.0. The Kier molecular flexibility index (Phi) is 6.42. The van der Waals surface area contributed by atoms with E-state index in [1.807, 2.05) is 30.0 Å². The number of benzene rings is 1. The summed E-state index contributed by atoms with van der Waals surface area (Å²) in [6.07, 6.45) is 3.16. The van der Waals surface area contributed by atoms with Crippen molar-refractivity contribution >= 4 is 21.7 Å². The summed E-state index contributed by atoms with van der Waals surface area (Å²) in [6.45, 7) is 3.67. The van der Waals surface area contributed by atoms with Crippen molar-refractivity contribution in [3.05, 3.63) is 53.8 Å². The molecule has 2 heterocycles. The fraction of sp³-hybridized carbons (Fsp3) is 0.429. The maximum atomic E-state index is 13.0. The van der Waals surface area contributed by atoms with E-state index in [0.29, 0.717) is 38.0 Å². The average Bonchev–Trinajstić information content (AvgIpc) is 3.23. The molecule has 0 N–H and O–H groups in total. The summed E-state index contributed by atoms with van der Waals surface area (Å²) < 4.78 is 28.6. The van der Waals surface area contributed by atoms with Crippen molar-refractivity contribution < 1.29 is 22.4 Å². The van der Waals surface area contributed by atoms with E-state index in [9.17, 15) is 18.0 Å². The van der Waals surface area contributed by atoms with Crippen molar-refractivity contribution in [2.45, 2.75) is 37.3 Å². The van der Waals surface area contributed by atoms with E-state index in [1.54, 1.807) is 17.0 Å². The number of hydrogen-bond acceptors (Lipinski definition) is 5. The van der Waals surface area contributed by atoms with Crippen molar-refractivity contribution in [1.29, 1.82) is 0 Å². The largest absolute Gasteiger partial charge is 0.440 e. The van der Waals surface area contributed by atoms with Crippen molar-refractivity contribution in [1.82, 2.24) is 9.80 Å². The van der Waals surface area contributed by atoms with Crippen molar-refractivity contribution in [3.8, 4) is 0 Å². The van der Waals surface area contributed by atoms with Crippen LogP contribution < -0.4 is 0 Å². The van der Waals surface area contributed by atoms with Gasteiger partial charge in [0.1, 0.15) is 0 Å². The van der Waals surface area contributed by atoms with Crippen LogP contribution in [0.2, 0.25) is 0 Å². The first-order valence-electron chi connectivity index (χ1n) is 9.76. The number of furan rings is 1. The first-order chi connectivity index (χ1) is 13.8. The van der Waals surface area contributed by atoms with Gasteiger partial charge in [-0.3, -0.25) is 9.59 Å². The van der Waals surface area contributed by atoms with Gasteiger partial charge >= 0.3 is 0 Å². The number of amides is 2. The molecule has 0 bridgehead atoms. The van der Waals surface area contributed by atoms with Crippen LogP contribution in [0.1, 0.15) is 47.1 Å². The van der Waals surface area contributed by atoms with Gasteiger partial charge in [-0.25, -0.2) is 8.42 Å². The molecule has 1 aromatic carbocycles. The van der Waals surface area contributed by atoms with E-state index >= 15 is 0 Å². The van der Waals surface area contributed by atoms with Gasteiger partial charge in [0.2, 0.25) is 14.9 Å². The monoisotopic (exact) mass is 418 g/mol. The van der Waals surface area contributed by atoms with Crippen LogP contribution in [0.3, 0.4) is 0 Å². The van der Waals surface area contributed by atoms with E-state index in [0.717, 1.165) is 12.7 Å². The number of nitrogens with zero attached hydrogens (tertiary/aromatic N) is 2. The lowest BCUT2D eigenvalue weighted by Gasteiger charge is -2.38. The Morgan fingerprint density at radius 3 is 2.31 bits per heavy atom. The van der Waals surface area contributed by atoms with Crippen molar-refractivity contribution in [2.24, 2.45) is 0 Å². The van der Waals surface area contributed by atoms with Gasteiger partial charge in [0, 0.05) is 37.5 Å². The molecular weight excluding hydrogens is 392 g/mol. The highest BCUT2D eigenvalue weighted by atomic mass is 32.2. The molecule has 8 heteroatoms. The van der Waals surface area contributed by atoms with E-state index in [-0.39, 0.29) is 28.7 Å². The molecule has 3 rings (SSSR count). The third-order valence-electron chi connectivity index (χ3n) is 5.10. The van der Waals surface area contributed by atoms with Gasteiger partial charge < -0.3 is 14.2 Å². The molecule has 0 saturated carbocycles. The lowest BCUT2D eigenvalue weighted by Crippen LogP contribution is -2.49. The summed E-state index contributed by atoms with van der Waals surface area (Å²) >= 11 is 0. The molecule has 0 radical (unpaired) electrons. The second-order valence-corrected chi connectivity index (χ2v) is 9.23. The predicted octanol–water partition coefficient (Wildman–Crippen LogP) is 2.84. The van der Waals surface area contributed by atoms with E-state index in [4.69, 9.17) is 4.42 Å². The molecule has 0 spiro atoms. The standard InChI is InChI=1S/C21H26N2O5S/c1-3-13-23(21(25)18-9-10-19(28-18)29(2,26)27)17-11-14-22(15-12-17)20(24)16-7-5-4-6-8-16/h4-10,17H,3,11-15H2,1-2H3. The van der Waals surface area contributed by atoms with Crippen LogP contribution in [0.15, 0.2) is 52.0 Å². The Morgan fingerprint density at radius 2 is 1.76 bits per heavy atom. The SMILES string of the molecule is CCCN(C(=O)c1ccc(S(C)(=O)=O)o1)C1CCN(C(=O)c2ccccc2)CC1. The average molecular weight is 419 g/mol. The molecule has 1 aliphatic rings. The number of hydrogen-bond donors (Lipinski definition) is 0. The molecule has 0 aliphatic carbocycles. The molecule has 0 atom stereocenters. The van der Waals surface area contributed by atoms with Crippen molar-refractivity contribution in [2.75, 3.05) is 25.9 Å². The summed E-state index contributed by atoms with van der Waals surface area (Å²) in [7, 11) is -3.50. The Balaban J connectivity index is 1.68. The van der Waals surface area contributed by atoms with Crippen LogP contribution in [0.4, 0.5) is 0 Å². The highest BCUT2D eigenvalue weighted by molar-refractivity contribution is 7.90. The Morgan fingerprint density at radius 1 is 1.10 bits per heavy atom. The highest BCUT2D eigenvalue weighted by Crippen LogP contribution is 2.23. The molecule has 1 aliphatic heterocycles. The summed E-state index contributed by atoms with van der Waals surface area (Å²) in [4.78, 5) is 29.2. The Labute approximate surface area is 171 Å². The van der Waals surface area contributed by atoms with Crippen molar-refractivity contribution in [3.63, 3.8) is 0 Å². The van der Waals surface area contributed by atoms with Crippen LogP contribution in [-0.2, 0) is 9.84 Å². The van der Waals surface area contributed by atoms with E-state index < -0.39 is 9.84 Å². The second kappa shape index (κ2) is 8.82. The van der Waals surface area contributed by atoms with Crippen LogP contribution in [0.5, 0.6) is 0 Å². The van der Waals surface area contributed by atoms with Gasteiger partial charge in [-0.1, -0.05) is 25.1 Å². The minimum absolute atomic E-state index is 0.00115. The summed E-state index contributed by atoms with van der Waals surface area (Å²) in [5.41, 5.74) is 0.663. The van der Waals surface area contributed by atoms with Gasteiger partial charge in [0.25, 0.3) is 11.8 Å². The third kappa shape index (κ3) is 4.87. The van der Waals surface area contributed by atoms with Crippen LogP contribution in [0, 0.1) is 0 Å². The fourth-order valence-corrected chi connectivity index (χ4v) is 4.17. The Hall–Kier alpha value is -2.61. The lowest BCUT2D eigenvalue weighted by molar-refractivity contribution is 0.0494. The molecular formula is C21H26N2O5S. The second-order valence-electron chi connectivity index (χ2n) is 7.28. The van der Waals surface area contributed by atoms with E-state index in [1.165, 1.54) is 12.1 Å². The summed E-state index contributed by atoms with van der Waals surface area (Å²) in [5.74, 6) is -0.280. The fourth-order valence-electron chi connectivity index (χ4n) is 3.61. The van der Waals surface area contributed by atoms with Crippen LogP contribution in [-0.4, -0.2) is 62.0 Å². The van der Waals surface area contributed by atoms with Gasteiger partial charge in [-0.15, -0.1) is 0 Å². The van der Waals surface area contributed by atoms with Gasteiger partial charge in [0.05, 0.1) is 0 Å². The topological polar surface area (TPSA) is 87.9 Å². The maximum Gasteiger partial charge on any atom is 0.289 e. The van der Waals surface area contributed by atoms with Gasteiger partial charge in [-0.05, 0) is 43.5 Å². The van der Waals surface area contributed by atoms with Gasteiger partial charge in [0.15, 0.2) is 5.76 Å². The molecule has 0 unspecified atom stereocenters. The zero-order valence-electron chi connectivity index (χ0n) is 16.7. The molecule has 7 nitrogen and oxygen atoms in total. The summed E-state index contributed by atoms with van der Waals surface area (Å²) in [5, 5.41) is -0.208. The minimum Gasteiger partial charge on any atom is -0.440 e. The predicted molar refractivity (Wildman–Crippen MR) is 109 cm³/mol. The normalized spacial score (nSPS) is 15.3. The third-order valence-corrected chi connectivity index (χ3v) is 6.05. The van der Waals surface area contributed by atoms with Crippen LogP contribution >= 0.6 is 0 Å². The van der Waals surface area contributed by atoms with E-state index in [2.05, 4.69) is 0 Å². The number of piperidine rings is 1. The smallest absolute Gasteiger partial charge is 0.289 e. The molecule has 29 heavy (non-hydrogen) atoms. The summed E-state index contributed by atoms with van der Waals surface area (Å²) in [6, 6.07) is 11.9. The number of rotatable bonds is 6. The molecule has 2 amide bonds. The number of carbonyl (C=O) groups is 2. The maximum absolute atomic E-state index is 13.0. The molecule has 1 fully saturated rings. The highest BCUT2D eigenvalue weighted by Gasteiger charge is 2.31. The molecule has 2 aromatic rings. The minimum atomic E-state index is -3.50. The zero-order chi connectivity index (χ0) is 21.0. The quantitative estimate of drug-likeness (QED) is 0.720. The Bertz CT molecular complexity index is 960. The molecule has 156 valence electrons. The molecule has 1 aromatic heterocycles. The van der Waals surface area contributed by atoms with Gasteiger partial charge in [-0.2, -0.15) is 0 Å². The number of carbonyl (C=O) groups excluding carboxylic acids is 2. The zero-order valence-corrected chi connectivity index (χ0v) is 17.5.